The molecule has 0 saturated carbocycles. The van der Waals surface area contributed by atoms with Crippen LogP contribution in [0.15, 0.2) is 30.3 Å². The zero-order valence-electron chi connectivity index (χ0n) is 19.0. The van der Waals surface area contributed by atoms with Crippen LogP contribution in [0.25, 0.3) is 0 Å². The Morgan fingerprint density at radius 1 is 0.893 bits per heavy atom. The molecule has 1 aromatic carbocycles. The van der Waals surface area contributed by atoms with Crippen LogP contribution < -0.4 is 35.3 Å². The summed E-state index contributed by atoms with van der Waals surface area (Å²) >= 11 is 0. The molecule has 0 radical (unpaired) electrons. The van der Waals surface area contributed by atoms with Crippen molar-refractivity contribution in [2.75, 3.05) is 0 Å². The summed E-state index contributed by atoms with van der Waals surface area (Å²) in [6.45, 7) is 2.24. The summed E-state index contributed by atoms with van der Waals surface area (Å²) in [6, 6.07) is 8.70. The molecule has 0 spiro atoms. The van der Waals surface area contributed by atoms with Gasteiger partial charge < -0.3 is 11.9 Å². The van der Waals surface area contributed by atoms with Gasteiger partial charge in [0.25, 0.3) is 0 Å². The van der Waals surface area contributed by atoms with E-state index >= 15 is 0 Å². The number of hydrogen-bond acceptors (Lipinski definition) is 4. The fourth-order valence-corrected chi connectivity index (χ4v) is 3.12. The molecule has 0 aliphatic heterocycles. The van der Waals surface area contributed by atoms with Crippen LogP contribution in [-0.2, 0) is 20.7 Å². The first-order valence-electron chi connectivity index (χ1n) is 10.7. The Labute approximate surface area is 194 Å². The molecule has 0 fully saturated rings. The minimum atomic E-state index is -0.798. The minimum absolute atomic E-state index is 0. The number of unbranched alkanes of at least 4 members (excludes halogenated alkanes) is 10. The van der Waals surface area contributed by atoms with Gasteiger partial charge in [0.05, 0.1) is 0 Å². The van der Waals surface area contributed by atoms with Crippen molar-refractivity contribution in [2.24, 2.45) is 5.73 Å². The van der Waals surface area contributed by atoms with Crippen molar-refractivity contribution in [3.8, 4) is 0 Å². The summed E-state index contributed by atoms with van der Waals surface area (Å²) in [7, 11) is 0. The van der Waals surface area contributed by atoms with Gasteiger partial charge in [0.15, 0.2) is 0 Å². The number of benzene rings is 1. The van der Waals surface area contributed by atoms with E-state index in [1.54, 1.807) is 0 Å². The maximum atomic E-state index is 11.9. The van der Waals surface area contributed by atoms with E-state index in [4.69, 9.17) is 10.5 Å². The molecule has 154 valence electrons. The van der Waals surface area contributed by atoms with Gasteiger partial charge in [0.1, 0.15) is 6.04 Å². The molecule has 0 aliphatic carbocycles. The summed E-state index contributed by atoms with van der Waals surface area (Å²) in [5.74, 6) is -1.09. The second kappa shape index (κ2) is 18.4. The third-order valence-electron chi connectivity index (χ3n) is 4.80. The molecule has 4 nitrogen and oxygen atoms in total. The molecular formula is C23H38NNaO3. The zero-order valence-corrected chi connectivity index (χ0v) is 20.0. The van der Waals surface area contributed by atoms with Crippen LogP contribution in [0.1, 0.15) is 91.0 Å². The van der Waals surface area contributed by atoms with E-state index < -0.39 is 18.0 Å². The second-order valence-corrected chi connectivity index (χ2v) is 7.37. The Bertz CT molecular complexity index is 528. The standard InChI is InChI=1S/C23H37NO3.Na.H/c1-2-3-4-5-6-7-8-9-10-11-15-18-22(25)27-23(26)21(24)19-20-16-13-12-14-17-20;;/h12-14,16-17,21H,2-11,15,18-19,24H2,1H3;;/q;+1;-1. The van der Waals surface area contributed by atoms with Crippen LogP contribution >= 0.6 is 0 Å². The number of carbonyl (C=O) groups is 2. The molecule has 0 aromatic heterocycles. The van der Waals surface area contributed by atoms with Gasteiger partial charge >= 0.3 is 41.5 Å². The topological polar surface area (TPSA) is 69.4 Å². The Kier molecular flexibility index (Phi) is 17.9. The maximum Gasteiger partial charge on any atom is 1.00 e. The molecule has 1 aromatic rings. The summed E-state index contributed by atoms with van der Waals surface area (Å²) < 4.78 is 4.87. The van der Waals surface area contributed by atoms with Crippen LogP contribution in [0.5, 0.6) is 0 Å². The van der Waals surface area contributed by atoms with Crippen molar-refractivity contribution in [1.82, 2.24) is 0 Å². The zero-order chi connectivity index (χ0) is 19.7. The molecule has 0 aliphatic rings. The number of hydrogen-bond donors (Lipinski definition) is 1. The molecule has 5 heteroatoms. The minimum Gasteiger partial charge on any atom is -1.00 e. The Morgan fingerprint density at radius 2 is 1.39 bits per heavy atom. The maximum absolute atomic E-state index is 11.9. The van der Waals surface area contributed by atoms with Crippen molar-refractivity contribution in [1.29, 1.82) is 0 Å². The first kappa shape index (κ1) is 27.3. The van der Waals surface area contributed by atoms with Gasteiger partial charge in [-0.1, -0.05) is 101 Å². The van der Waals surface area contributed by atoms with Gasteiger partial charge in [0.2, 0.25) is 0 Å². The van der Waals surface area contributed by atoms with Gasteiger partial charge in [0, 0.05) is 6.42 Å². The SMILES string of the molecule is CCCCCCCCCCCCCC(=O)OC(=O)C(N)Cc1ccccc1.[H-].[Na+]. The van der Waals surface area contributed by atoms with Crippen LogP contribution in [0.3, 0.4) is 0 Å². The predicted octanol–water partition coefficient (Wildman–Crippen LogP) is 2.44. The van der Waals surface area contributed by atoms with Gasteiger partial charge in [-0.3, -0.25) is 4.79 Å². The van der Waals surface area contributed by atoms with E-state index in [-0.39, 0.29) is 31.0 Å². The molecule has 1 unspecified atom stereocenters. The van der Waals surface area contributed by atoms with Gasteiger partial charge in [-0.2, -0.15) is 0 Å². The average molecular weight is 400 g/mol. The number of rotatable bonds is 15. The van der Waals surface area contributed by atoms with Crippen molar-refractivity contribution in [2.45, 2.75) is 96.4 Å². The van der Waals surface area contributed by atoms with E-state index in [0.29, 0.717) is 12.8 Å². The van der Waals surface area contributed by atoms with Crippen LogP contribution in [0.4, 0.5) is 0 Å². The first-order chi connectivity index (χ1) is 13.1. The molecule has 28 heavy (non-hydrogen) atoms. The smallest absolute Gasteiger partial charge is 1.00 e. The van der Waals surface area contributed by atoms with Crippen LogP contribution in [0.2, 0.25) is 0 Å². The van der Waals surface area contributed by atoms with Gasteiger partial charge in [-0.15, -0.1) is 0 Å². The largest absolute Gasteiger partial charge is 1.00 e. The van der Waals surface area contributed by atoms with Crippen molar-refractivity contribution < 1.29 is 45.3 Å². The molecule has 0 heterocycles. The number of esters is 2. The summed E-state index contributed by atoms with van der Waals surface area (Å²) in [4.78, 5) is 23.7. The molecular weight excluding hydrogens is 361 g/mol. The average Bonchev–Trinajstić information content (AvgIpc) is 2.66. The molecule has 0 saturated heterocycles. The van der Waals surface area contributed by atoms with E-state index in [2.05, 4.69) is 6.92 Å². The van der Waals surface area contributed by atoms with Crippen molar-refractivity contribution >= 4 is 11.9 Å². The first-order valence-corrected chi connectivity index (χ1v) is 10.7. The monoisotopic (exact) mass is 399 g/mol. The third kappa shape index (κ3) is 14.3. The summed E-state index contributed by atoms with van der Waals surface area (Å²) in [5, 5.41) is 0. The van der Waals surface area contributed by atoms with Crippen molar-refractivity contribution in [3.05, 3.63) is 35.9 Å². The fourth-order valence-electron chi connectivity index (χ4n) is 3.12. The van der Waals surface area contributed by atoms with E-state index in [1.165, 1.54) is 51.4 Å². The Morgan fingerprint density at radius 3 is 1.93 bits per heavy atom. The molecule has 1 atom stereocenters. The summed E-state index contributed by atoms with van der Waals surface area (Å²) in [6.07, 6.45) is 14.2. The summed E-state index contributed by atoms with van der Waals surface area (Å²) in [5.41, 5.74) is 6.79. The van der Waals surface area contributed by atoms with E-state index in [0.717, 1.165) is 24.8 Å². The molecule has 1 rings (SSSR count). The number of nitrogens with two attached hydrogens (primary N) is 1. The fraction of sp³-hybridized carbons (Fsp3) is 0.652. The molecule has 2 N–H and O–H groups in total. The number of ether oxygens (including phenoxy) is 1. The van der Waals surface area contributed by atoms with E-state index in [1.807, 2.05) is 30.3 Å². The molecule has 0 bridgehead atoms. The Hall–Kier alpha value is -0.680. The quantitative estimate of drug-likeness (QED) is 0.213. The van der Waals surface area contributed by atoms with E-state index in [9.17, 15) is 9.59 Å². The van der Waals surface area contributed by atoms with Gasteiger partial charge in [-0.25, -0.2) is 4.79 Å². The van der Waals surface area contributed by atoms with Gasteiger partial charge in [-0.05, 0) is 18.4 Å². The third-order valence-corrected chi connectivity index (χ3v) is 4.80. The van der Waals surface area contributed by atoms with Crippen molar-refractivity contribution in [3.63, 3.8) is 0 Å². The second-order valence-electron chi connectivity index (χ2n) is 7.37. The van der Waals surface area contributed by atoms with Crippen LogP contribution in [-0.4, -0.2) is 18.0 Å². The Balaban J connectivity index is 0. The predicted molar refractivity (Wildman–Crippen MR) is 111 cm³/mol. The van der Waals surface area contributed by atoms with Crippen LogP contribution in [0, 0.1) is 0 Å². The molecule has 0 amide bonds. The number of carbonyl (C=O) groups excluding carboxylic acids is 2. The normalized spacial score (nSPS) is 11.5.